The first-order chi connectivity index (χ1) is 12.1. The molecule has 7 heteroatoms. The quantitative estimate of drug-likeness (QED) is 0.917. The summed E-state index contributed by atoms with van der Waals surface area (Å²) in [5, 5.41) is 0. The number of carbonyl (C=O) groups is 1. The van der Waals surface area contributed by atoms with Crippen LogP contribution in [0.4, 0.5) is 0 Å². The van der Waals surface area contributed by atoms with Crippen molar-refractivity contribution in [2.24, 2.45) is 11.8 Å². The Balaban J connectivity index is 1.49. The summed E-state index contributed by atoms with van der Waals surface area (Å²) >= 11 is 0. The maximum Gasteiger partial charge on any atom is 0.251 e. The van der Waals surface area contributed by atoms with Crippen LogP contribution in [0.25, 0.3) is 11.5 Å². The molecule has 1 aliphatic carbocycles. The average Bonchev–Trinajstić information content (AvgIpc) is 3.38. The standard InChI is InChI=1S/C18H21N5O2/c1-11-8-13(11)18(25)23-6-2-12(3-7-23)14-9-16(24)22-17(21-14)15-10-19-4-5-20-15/h4-5,9-13H,2-3,6-8H2,1H3,(H,21,22,24)/t11-,13-/m1/s1. The Hall–Kier alpha value is -2.57. The zero-order chi connectivity index (χ0) is 17.4. The molecule has 1 N–H and O–H groups in total. The third-order valence-electron chi connectivity index (χ3n) is 5.22. The number of nitrogens with zero attached hydrogens (tertiary/aromatic N) is 4. The fraction of sp³-hybridized carbons (Fsp3) is 0.500. The maximum absolute atomic E-state index is 12.3. The molecule has 0 unspecified atom stereocenters. The number of aromatic nitrogens is 4. The van der Waals surface area contributed by atoms with Gasteiger partial charge in [0, 0.05) is 43.4 Å². The van der Waals surface area contributed by atoms with Crippen LogP contribution in [0.15, 0.2) is 29.5 Å². The molecular weight excluding hydrogens is 318 g/mol. The summed E-state index contributed by atoms with van der Waals surface area (Å²) in [7, 11) is 0. The van der Waals surface area contributed by atoms with E-state index in [0.717, 1.165) is 38.0 Å². The molecule has 2 atom stereocenters. The average molecular weight is 339 g/mol. The molecule has 7 nitrogen and oxygen atoms in total. The van der Waals surface area contributed by atoms with Crippen molar-refractivity contribution in [2.45, 2.75) is 32.1 Å². The predicted octanol–water partition coefficient (Wildman–Crippen LogP) is 1.59. The number of piperidine rings is 1. The number of carbonyl (C=O) groups excluding carboxylic acids is 1. The number of nitrogens with one attached hydrogen (secondary N) is 1. The van der Waals surface area contributed by atoms with E-state index in [4.69, 9.17) is 0 Å². The van der Waals surface area contributed by atoms with Crippen molar-refractivity contribution < 1.29 is 4.79 Å². The topological polar surface area (TPSA) is 91.8 Å². The minimum absolute atomic E-state index is 0.184. The van der Waals surface area contributed by atoms with Crippen molar-refractivity contribution in [3.63, 3.8) is 0 Å². The smallest absolute Gasteiger partial charge is 0.251 e. The second-order valence-electron chi connectivity index (χ2n) is 7.03. The molecule has 130 valence electrons. The van der Waals surface area contributed by atoms with Gasteiger partial charge in [0.15, 0.2) is 5.82 Å². The summed E-state index contributed by atoms with van der Waals surface area (Å²) in [4.78, 5) is 41.9. The molecule has 0 bridgehead atoms. The zero-order valence-electron chi connectivity index (χ0n) is 14.2. The Morgan fingerprint density at radius 3 is 2.68 bits per heavy atom. The van der Waals surface area contributed by atoms with Gasteiger partial charge in [-0.1, -0.05) is 6.92 Å². The van der Waals surface area contributed by atoms with Crippen LogP contribution in [0.1, 0.15) is 37.8 Å². The van der Waals surface area contributed by atoms with Gasteiger partial charge in [-0.3, -0.25) is 14.6 Å². The Bertz CT molecular complexity index is 827. The van der Waals surface area contributed by atoms with Gasteiger partial charge in [0.2, 0.25) is 5.91 Å². The summed E-state index contributed by atoms with van der Waals surface area (Å²) in [5.74, 6) is 1.70. The van der Waals surface area contributed by atoms with Gasteiger partial charge in [-0.05, 0) is 25.2 Å². The van der Waals surface area contributed by atoms with Gasteiger partial charge in [-0.25, -0.2) is 9.97 Å². The summed E-state index contributed by atoms with van der Waals surface area (Å²) in [6, 6.07) is 1.56. The Morgan fingerprint density at radius 2 is 2.04 bits per heavy atom. The number of aromatic amines is 1. The van der Waals surface area contributed by atoms with Gasteiger partial charge in [0.05, 0.1) is 11.9 Å². The van der Waals surface area contributed by atoms with Crippen LogP contribution >= 0.6 is 0 Å². The van der Waals surface area contributed by atoms with E-state index < -0.39 is 0 Å². The number of likely N-dealkylation sites (tertiary alicyclic amines) is 1. The monoisotopic (exact) mass is 339 g/mol. The van der Waals surface area contributed by atoms with Crippen molar-refractivity contribution in [3.8, 4) is 11.5 Å². The first-order valence-corrected chi connectivity index (χ1v) is 8.78. The van der Waals surface area contributed by atoms with Crippen molar-refractivity contribution in [1.82, 2.24) is 24.8 Å². The maximum atomic E-state index is 12.3. The van der Waals surface area contributed by atoms with E-state index in [1.165, 1.54) is 0 Å². The van der Waals surface area contributed by atoms with Crippen LogP contribution in [-0.4, -0.2) is 43.8 Å². The lowest BCUT2D eigenvalue weighted by atomic mass is 9.93. The highest BCUT2D eigenvalue weighted by Gasteiger charge is 2.42. The van der Waals surface area contributed by atoms with E-state index >= 15 is 0 Å². The lowest BCUT2D eigenvalue weighted by Crippen LogP contribution is -2.39. The van der Waals surface area contributed by atoms with Crippen molar-refractivity contribution in [2.75, 3.05) is 13.1 Å². The van der Waals surface area contributed by atoms with Gasteiger partial charge in [-0.15, -0.1) is 0 Å². The third-order valence-corrected chi connectivity index (χ3v) is 5.22. The first-order valence-electron chi connectivity index (χ1n) is 8.78. The molecule has 1 saturated carbocycles. The second kappa shape index (κ2) is 6.38. The molecular formula is C18H21N5O2. The number of hydrogen-bond donors (Lipinski definition) is 1. The van der Waals surface area contributed by atoms with E-state index in [-0.39, 0.29) is 17.4 Å². The molecule has 2 aliphatic rings. The van der Waals surface area contributed by atoms with Gasteiger partial charge in [0.1, 0.15) is 5.69 Å². The molecule has 4 rings (SSSR count). The van der Waals surface area contributed by atoms with Gasteiger partial charge in [0.25, 0.3) is 5.56 Å². The van der Waals surface area contributed by atoms with Crippen molar-refractivity contribution in [1.29, 1.82) is 0 Å². The Labute approximate surface area is 145 Å². The van der Waals surface area contributed by atoms with E-state index in [0.29, 0.717) is 23.3 Å². The fourth-order valence-corrected chi connectivity index (χ4v) is 3.52. The molecule has 25 heavy (non-hydrogen) atoms. The molecule has 2 aromatic heterocycles. The predicted molar refractivity (Wildman–Crippen MR) is 91.7 cm³/mol. The minimum atomic E-state index is -0.184. The lowest BCUT2D eigenvalue weighted by molar-refractivity contribution is -0.133. The number of rotatable bonds is 3. The highest BCUT2D eigenvalue weighted by Crippen LogP contribution is 2.40. The molecule has 0 radical (unpaired) electrons. The normalized spacial score (nSPS) is 23.5. The highest BCUT2D eigenvalue weighted by atomic mass is 16.2. The van der Waals surface area contributed by atoms with Crippen LogP contribution in [-0.2, 0) is 4.79 Å². The summed E-state index contributed by atoms with van der Waals surface area (Å²) in [6.45, 7) is 3.60. The van der Waals surface area contributed by atoms with Crippen molar-refractivity contribution >= 4 is 5.91 Å². The summed E-state index contributed by atoms with van der Waals surface area (Å²) < 4.78 is 0. The lowest BCUT2D eigenvalue weighted by Gasteiger charge is -2.32. The van der Waals surface area contributed by atoms with Gasteiger partial charge < -0.3 is 9.88 Å². The molecule has 1 saturated heterocycles. The van der Waals surface area contributed by atoms with Gasteiger partial charge >= 0.3 is 0 Å². The largest absolute Gasteiger partial charge is 0.342 e. The first kappa shape index (κ1) is 15.9. The van der Waals surface area contributed by atoms with Crippen LogP contribution in [0.3, 0.4) is 0 Å². The van der Waals surface area contributed by atoms with E-state index in [1.807, 2.05) is 4.90 Å². The minimum Gasteiger partial charge on any atom is -0.342 e. The highest BCUT2D eigenvalue weighted by molar-refractivity contribution is 5.81. The molecule has 0 aromatic carbocycles. The molecule has 0 spiro atoms. The van der Waals surface area contributed by atoms with Crippen LogP contribution in [0.2, 0.25) is 0 Å². The summed E-state index contributed by atoms with van der Waals surface area (Å²) in [6.07, 6.45) is 7.44. The fourth-order valence-electron chi connectivity index (χ4n) is 3.52. The van der Waals surface area contributed by atoms with Gasteiger partial charge in [-0.2, -0.15) is 0 Å². The van der Waals surface area contributed by atoms with E-state index in [1.54, 1.807) is 24.7 Å². The Morgan fingerprint density at radius 1 is 1.28 bits per heavy atom. The third kappa shape index (κ3) is 3.31. The van der Waals surface area contributed by atoms with E-state index in [2.05, 4.69) is 26.9 Å². The molecule has 1 aliphatic heterocycles. The number of H-pyrrole nitrogens is 1. The molecule has 2 fully saturated rings. The molecule has 2 aromatic rings. The van der Waals surface area contributed by atoms with E-state index in [9.17, 15) is 9.59 Å². The van der Waals surface area contributed by atoms with Crippen molar-refractivity contribution in [3.05, 3.63) is 40.7 Å². The zero-order valence-corrected chi connectivity index (χ0v) is 14.2. The van der Waals surface area contributed by atoms with Crippen LogP contribution < -0.4 is 5.56 Å². The SMILES string of the molecule is C[C@@H]1C[C@H]1C(=O)N1CCC(c2cc(=O)[nH]c(-c3cnccn3)n2)CC1. The number of amides is 1. The number of hydrogen-bond acceptors (Lipinski definition) is 5. The Kier molecular flexibility index (Phi) is 4.07. The molecule has 3 heterocycles. The van der Waals surface area contributed by atoms with Crippen LogP contribution in [0, 0.1) is 11.8 Å². The van der Waals surface area contributed by atoms with Crippen LogP contribution in [0.5, 0.6) is 0 Å². The molecule has 1 amide bonds. The summed E-state index contributed by atoms with van der Waals surface area (Å²) in [5.41, 5.74) is 1.14. The second-order valence-corrected chi connectivity index (χ2v) is 7.03.